The van der Waals surface area contributed by atoms with Crippen molar-refractivity contribution in [3.8, 4) is 0 Å². The van der Waals surface area contributed by atoms with Crippen molar-refractivity contribution in [2.75, 3.05) is 0 Å². The maximum absolute atomic E-state index is 13.1. The molecule has 2 aromatic carbocycles. The molecule has 100 valence electrons. The summed E-state index contributed by atoms with van der Waals surface area (Å²) < 4.78 is 26.9. The van der Waals surface area contributed by atoms with E-state index in [0.29, 0.717) is 16.1 Å². The van der Waals surface area contributed by atoms with E-state index in [4.69, 9.17) is 11.6 Å². The summed E-state index contributed by atoms with van der Waals surface area (Å²) in [5.74, 6) is -1.33. The molecule has 0 aliphatic carbocycles. The van der Waals surface area contributed by atoms with Gasteiger partial charge in [-0.25, -0.2) is 8.78 Å². The van der Waals surface area contributed by atoms with Crippen LogP contribution in [0.1, 0.15) is 17.2 Å². The fourth-order valence-electron chi connectivity index (χ4n) is 1.83. The van der Waals surface area contributed by atoms with E-state index in [1.165, 1.54) is 12.1 Å². The van der Waals surface area contributed by atoms with E-state index in [9.17, 15) is 13.9 Å². The van der Waals surface area contributed by atoms with Crippen LogP contribution < -0.4 is 0 Å². The highest BCUT2D eigenvalue weighted by molar-refractivity contribution is 9.10. The van der Waals surface area contributed by atoms with E-state index in [1.807, 2.05) is 0 Å². The smallest absolute Gasteiger partial charge is 0.126 e. The van der Waals surface area contributed by atoms with Crippen LogP contribution in [0.4, 0.5) is 8.78 Å². The molecule has 2 rings (SSSR count). The molecule has 0 amide bonds. The van der Waals surface area contributed by atoms with Crippen LogP contribution in [0.15, 0.2) is 40.9 Å². The maximum Gasteiger partial charge on any atom is 0.126 e. The Morgan fingerprint density at radius 2 is 1.74 bits per heavy atom. The molecule has 5 heteroatoms. The molecule has 1 unspecified atom stereocenters. The lowest BCUT2D eigenvalue weighted by atomic mass is 10.0. The summed E-state index contributed by atoms with van der Waals surface area (Å²) in [7, 11) is 0. The highest BCUT2D eigenvalue weighted by Crippen LogP contribution is 2.28. The number of benzene rings is 2. The third-order valence-electron chi connectivity index (χ3n) is 2.67. The Kier molecular flexibility index (Phi) is 4.55. The SMILES string of the molecule is OC(Cc1cc(F)cc(F)c1)c1ccc(Br)cc1Cl. The number of hydrogen-bond donors (Lipinski definition) is 1. The first-order valence-electron chi connectivity index (χ1n) is 5.53. The van der Waals surface area contributed by atoms with Crippen LogP contribution in [0.5, 0.6) is 0 Å². The molecule has 1 nitrogen and oxygen atoms in total. The molecule has 0 saturated carbocycles. The second-order valence-electron chi connectivity index (χ2n) is 4.16. The summed E-state index contributed by atoms with van der Waals surface area (Å²) in [5, 5.41) is 10.5. The third kappa shape index (κ3) is 3.75. The molecule has 19 heavy (non-hydrogen) atoms. The highest BCUT2D eigenvalue weighted by atomic mass is 79.9. The Balaban J connectivity index is 2.22. The summed E-state index contributed by atoms with van der Waals surface area (Å²) in [4.78, 5) is 0. The number of aliphatic hydroxyl groups is 1. The molecule has 0 heterocycles. The lowest BCUT2D eigenvalue weighted by Crippen LogP contribution is -2.03. The lowest BCUT2D eigenvalue weighted by molar-refractivity contribution is 0.178. The Bertz CT molecular complexity index is 584. The van der Waals surface area contributed by atoms with Crippen molar-refractivity contribution in [2.45, 2.75) is 12.5 Å². The van der Waals surface area contributed by atoms with Gasteiger partial charge in [-0.1, -0.05) is 33.6 Å². The van der Waals surface area contributed by atoms with Crippen molar-refractivity contribution in [3.63, 3.8) is 0 Å². The minimum atomic E-state index is -0.915. The van der Waals surface area contributed by atoms with Gasteiger partial charge in [-0.15, -0.1) is 0 Å². The van der Waals surface area contributed by atoms with Crippen LogP contribution in [-0.2, 0) is 6.42 Å². The quantitative estimate of drug-likeness (QED) is 0.856. The average molecular weight is 348 g/mol. The molecular formula is C14H10BrClF2O. The van der Waals surface area contributed by atoms with E-state index < -0.39 is 17.7 Å². The Hall–Kier alpha value is -0.970. The number of hydrogen-bond acceptors (Lipinski definition) is 1. The predicted molar refractivity (Wildman–Crippen MR) is 74.2 cm³/mol. The largest absolute Gasteiger partial charge is 0.388 e. The first-order valence-corrected chi connectivity index (χ1v) is 6.71. The lowest BCUT2D eigenvalue weighted by Gasteiger charge is -2.13. The molecular weight excluding hydrogens is 338 g/mol. The molecule has 0 radical (unpaired) electrons. The number of aliphatic hydroxyl groups excluding tert-OH is 1. The maximum atomic E-state index is 13.1. The van der Waals surface area contributed by atoms with Crippen LogP contribution >= 0.6 is 27.5 Å². The summed E-state index contributed by atoms with van der Waals surface area (Å²) in [6.45, 7) is 0. The van der Waals surface area contributed by atoms with Gasteiger partial charge in [-0.3, -0.25) is 0 Å². The van der Waals surface area contributed by atoms with E-state index >= 15 is 0 Å². The van der Waals surface area contributed by atoms with Crippen LogP contribution in [0, 0.1) is 11.6 Å². The molecule has 0 aromatic heterocycles. The van der Waals surface area contributed by atoms with Gasteiger partial charge in [0.15, 0.2) is 0 Å². The minimum Gasteiger partial charge on any atom is -0.388 e. The van der Waals surface area contributed by atoms with Gasteiger partial charge in [0.05, 0.1) is 6.10 Å². The van der Waals surface area contributed by atoms with Crippen molar-refractivity contribution >= 4 is 27.5 Å². The van der Waals surface area contributed by atoms with Gasteiger partial charge >= 0.3 is 0 Å². The Morgan fingerprint density at radius 1 is 1.11 bits per heavy atom. The first kappa shape index (κ1) is 14.4. The zero-order valence-electron chi connectivity index (χ0n) is 9.71. The van der Waals surface area contributed by atoms with Crippen molar-refractivity contribution in [1.82, 2.24) is 0 Å². The molecule has 1 N–H and O–H groups in total. The Labute approximate surface area is 123 Å². The topological polar surface area (TPSA) is 20.2 Å². The first-order chi connectivity index (χ1) is 8.95. The zero-order chi connectivity index (χ0) is 14.0. The van der Waals surface area contributed by atoms with Crippen LogP contribution in [0.2, 0.25) is 5.02 Å². The van der Waals surface area contributed by atoms with E-state index in [1.54, 1.807) is 18.2 Å². The molecule has 2 aromatic rings. The van der Waals surface area contributed by atoms with Crippen LogP contribution in [0.25, 0.3) is 0 Å². The van der Waals surface area contributed by atoms with E-state index in [-0.39, 0.29) is 6.42 Å². The highest BCUT2D eigenvalue weighted by Gasteiger charge is 2.13. The molecule has 0 saturated heterocycles. The van der Waals surface area contributed by atoms with Crippen molar-refractivity contribution in [2.24, 2.45) is 0 Å². The molecule has 0 bridgehead atoms. The second-order valence-corrected chi connectivity index (χ2v) is 5.49. The molecule has 0 aliphatic rings. The van der Waals surface area contributed by atoms with Gasteiger partial charge in [0, 0.05) is 22.0 Å². The average Bonchev–Trinajstić information content (AvgIpc) is 2.26. The monoisotopic (exact) mass is 346 g/mol. The van der Waals surface area contributed by atoms with Gasteiger partial charge in [0.1, 0.15) is 11.6 Å². The van der Waals surface area contributed by atoms with Crippen molar-refractivity contribution in [3.05, 3.63) is 68.7 Å². The van der Waals surface area contributed by atoms with E-state index in [0.717, 1.165) is 10.5 Å². The molecule has 0 aliphatic heterocycles. The normalized spacial score (nSPS) is 12.5. The van der Waals surface area contributed by atoms with E-state index in [2.05, 4.69) is 15.9 Å². The number of halogens is 4. The predicted octanol–water partition coefficient (Wildman–Crippen LogP) is 4.66. The van der Waals surface area contributed by atoms with Crippen molar-refractivity contribution < 1.29 is 13.9 Å². The number of rotatable bonds is 3. The van der Waals surface area contributed by atoms with Gasteiger partial charge < -0.3 is 5.11 Å². The van der Waals surface area contributed by atoms with Gasteiger partial charge in [0.25, 0.3) is 0 Å². The fourth-order valence-corrected chi connectivity index (χ4v) is 2.63. The van der Waals surface area contributed by atoms with Gasteiger partial charge in [0.2, 0.25) is 0 Å². The standard InChI is InChI=1S/C14H10BrClF2O/c15-9-1-2-12(13(16)6-9)14(19)5-8-3-10(17)7-11(18)4-8/h1-4,6-7,14,19H,5H2. The van der Waals surface area contributed by atoms with Crippen LogP contribution in [-0.4, -0.2) is 5.11 Å². The summed E-state index contributed by atoms with van der Waals surface area (Å²) in [5.41, 5.74) is 0.901. The Morgan fingerprint density at radius 3 is 2.32 bits per heavy atom. The summed E-state index contributed by atoms with van der Waals surface area (Å²) in [6, 6.07) is 8.26. The molecule has 1 atom stereocenters. The molecule has 0 fully saturated rings. The van der Waals surface area contributed by atoms with Gasteiger partial charge in [-0.05, 0) is 35.4 Å². The fraction of sp³-hybridized carbons (Fsp3) is 0.143. The molecule has 0 spiro atoms. The zero-order valence-corrected chi connectivity index (χ0v) is 12.0. The summed E-state index contributed by atoms with van der Waals surface area (Å²) in [6.07, 6.45) is -0.822. The minimum absolute atomic E-state index is 0.0933. The van der Waals surface area contributed by atoms with Crippen LogP contribution in [0.3, 0.4) is 0 Å². The van der Waals surface area contributed by atoms with Crippen molar-refractivity contribution in [1.29, 1.82) is 0 Å². The van der Waals surface area contributed by atoms with Gasteiger partial charge in [-0.2, -0.15) is 0 Å². The second kappa shape index (κ2) is 5.99. The summed E-state index contributed by atoms with van der Waals surface area (Å²) >= 11 is 9.28. The third-order valence-corrected chi connectivity index (χ3v) is 3.49.